The predicted octanol–water partition coefficient (Wildman–Crippen LogP) is 0.227. The first-order valence-corrected chi connectivity index (χ1v) is 8.22. The highest BCUT2D eigenvalue weighted by Gasteiger charge is 2.28. The highest BCUT2D eigenvalue weighted by Crippen LogP contribution is 2.16. The van der Waals surface area contributed by atoms with Gasteiger partial charge in [-0.2, -0.15) is 0 Å². The fourth-order valence-corrected chi connectivity index (χ4v) is 2.48. The predicted molar refractivity (Wildman–Crippen MR) is 77.1 cm³/mol. The summed E-state index contributed by atoms with van der Waals surface area (Å²) in [6.45, 7) is 7.40. The van der Waals surface area contributed by atoms with E-state index in [9.17, 15) is 8.42 Å². The van der Waals surface area contributed by atoms with Crippen molar-refractivity contribution in [2.24, 2.45) is 0 Å². The topological polar surface area (TPSA) is 86.1 Å². The van der Waals surface area contributed by atoms with Crippen LogP contribution < -0.4 is 5.32 Å². The summed E-state index contributed by atoms with van der Waals surface area (Å²) in [7, 11) is -1.49. The van der Waals surface area contributed by atoms with Crippen molar-refractivity contribution >= 4 is 9.84 Å². The van der Waals surface area contributed by atoms with Crippen LogP contribution in [0.1, 0.15) is 26.5 Å². The van der Waals surface area contributed by atoms with Crippen molar-refractivity contribution in [2.45, 2.75) is 38.6 Å². The van der Waals surface area contributed by atoms with E-state index in [1.807, 2.05) is 0 Å². The van der Waals surface area contributed by atoms with Crippen LogP contribution >= 0.6 is 0 Å². The lowest BCUT2D eigenvalue weighted by molar-refractivity contribution is 0.199. The van der Waals surface area contributed by atoms with E-state index in [0.717, 1.165) is 12.2 Å². The van der Waals surface area contributed by atoms with Gasteiger partial charge in [-0.15, -0.1) is 5.10 Å². The lowest BCUT2D eigenvalue weighted by atomic mass is 10.3. The molecule has 0 unspecified atom stereocenters. The Bertz CT molecular complexity index is 505. The van der Waals surface area contributed by atoms with E-state index in [2.05, 4.69) is 15.6 Å². The van der Waals surface area contributed by atoms with Gasteiger partial charge in [0.2, 0.25) is 0 Å². The minimum Gasteiger partial charge on any atom is -0.383 e. The van der Waals surface area contributed by atoms with Crippen molar-refractivity contribution in [3.63, 3.8) is 0 Å². The van der Waals surface area contributed by atoms with Crippen LogP contribution in [-0.4, -0.2) is 54.2 Å². The van der Waals surface area contributed by atoms with Gasteiger partial charge in [0.05, 0.1) is 29.3 Å². The number of hydrogen-bond donors (Lipinski definition) is 1. The molecule has 1 N–H and O–H groups in total. The molecule has 7 nitrogen and oxygen atoms in total. The van der Waals surface area contributed by atoms with Gasteiger partial charge >= 0.3 is 0 Å². The smallest absolute Gasteiger partial charge is 0.157 e. The summed E-state index contributed by atoms with van der Waals surface area (Å²) in [5.41, 5.74) is 0.786. The largest absolute Gasteiger partial charge is 0.383 e. The number of sulfone groups is 1. The number of rotatable bonds is 8. The zero-order chi connectivity index (χ0) is 15.2. The molecule has 0 radical (unpaired) electrons. The first-order valence-electron chi connectivity index (χ1n) is 6.57. The van der Waals surface area contributed by atoms with Crippen molar-refractivity contribution in [3.05, 3.63) is 11.9 Å². The van der Waals surface area contributed by atoms with Gasteiger partial charge in [-0.3, -0.25) is 4.68 Å². The molecule has 0 atom stereocenters. The number of nitrogens with zero attached hydrogens (tertiary/aromatic N) is 3. The Balaban J connectivity index is 2.45. The van der Waals surface area contributed by atoms with Crippen LogP contribution in [-0.2, 0) is 27.7 Å². The quantitative estimate of drug-likeness (QED) is 0.692. The van der Waals surface area contributed by atoms with Crippen LogP contribution in [0.5, 0.6) is 0 Å². The van der Waals surface area contributed by atoms with Crippen molar-refractivity contribution in [1.29, 1.82) is 0 Å². The first-order chi connectivity index (χ1) is 9.26. The Kier molecular flexibility index (Phi) is 6.09. The van der Waals surface area contributed by atoms with Gasteiger partial charge in [-0.1, -0.05) is 5.21 Å². The van der Waals surface area contributed by atoms with Crippen molar-refractivity contribution in [3.8, 4) is 0 Å². The minimum absolute atomic E-state index is 0.0659. The van der Waals surface area contributed by atoms with Crippen LogP contribution in [0.4, 0.5) is 0 Å². The van der Waals surface area contributed by atoms with Crippen LogP contribution in [0.3, 0.4) is 0 Å². The van der Waals surface area contributed by atoms with E-state index in [4.69, 9.17) is 4.74 Å². The number of methoxy groups -OCH3 is 1. The molecule has 0 aliphatic rings. The lowest BCUT2D eigenvalue weighted by Crippen LogP contribution is -2.32. The average Bonchev–Trinajstić information content (AvgIpc) is 2.79. The Hall–Kier alpha value is -0.990. The van der Waals surface area contributed by atoms with Crippen LogP contribution in [0.25, 0.3) is 0 Å². The van der Waals surface area contributed by atoms with Crippen LogP contribution in [0.15, 0.2) is 6.20 Å². The summed E-state index contributed by atoms with van der Waals surface area (Å²) in [4.78, 5) is 0. The third-order valence-electron chi connectivity index (χ3n) is 2.90. The SMILES string of the molecule is COCCNCc1cn(CCS(=O)(=O)C(C)(C)C)nn1. The number of nitrogens with one attached hydrogen (secondary N) is 1. The van der Waals surface area contributed by atoms with E-state index in [0.29, 0.717) is 19.7 Å². The number of hydrogen-bond acceptors (Lipinski definition) is 6. The molecule has 1 rings (SSSR count). The summed E-state index contributed by atoms with van der Waals surface area (Å²) < 4.78 is 29.7. The van der Waals surface area contributed by atoms with Crippen molar-refractivity contribution in [2.75, 3.05) is 26.0 Å². The molecule has 0 amide bonds. The Morgan fingerprint density at radius 3 is 2.70 bits per heavy atom. The molecular formula is C12H24N4O3S. The van der Waals surface area contributed by atoms with Gasteiger partial charge in [0.1, 0.15) is 0 Å². The van der Waals surface area contributed by atoms with E-state index < -0.39 is 14.6 Å². The second-order valence-corrected chi connectivity index (χ2v) is 8.44. The van der Waals surface area contributed by atoms with Crippen LogP contribution in [0, 0.1) is 0 Å². The average molecular weight is 304 g/mol. The Labute approximate surface area is 120 Å². The molecule has 0 spiro atoms. The summed E-state index contributed by atoms with van der Waals surface area (Å²) in [5.74, 6) is 0.0659. The zero-order valence-corrected chi connectivity index (χ0v) is 13.4. The van der Waals surface area contributed by atoms with Crippen molar-refractivity contribution in [1.82, 2.24) is 20.3 Å². The highest BCUT2D eigenvalue weighted by atomic mass is 32.2. The van der Waals surface area contributed by atoms with E-state index in [1.54, 1.807) is 38.8 Å². The first kappa shape index (κ1) is 17.1. The molecular weight excluding hydrogens is 280 g/mol. The third-order valence-corrected chi connectivity index (χ3v) is 5.48. The summed E-state index contributed by atoms with van der Waals surface area (Å²) in [6, 6.07) is 0. The van der Waals surface area contributed by atoms with Crippen LogP contribution in [0.2, 0.25) is 0 Å². The summed E-state index contributed by atoms with van der Waals surface area (Å²) in [5, 5.41) is 11.1. The van der Waals surface area contributed by atoms with E-state index in [-0.39, 0.29) is 5.75 Å². The normalized spacial score (nSPS) is 12.8. The molecule has 0 saturated heterocycles. The minimum atomic E-state index is -3.13. The molecule has 1 heterocycles. The second-order valence-electron chi connectivity index (χ2n) is 5.57. The van der Waals surface area contributed by atoms with E-state index >= 15 is 0 Å². The van der Waals surface area contributed by atoms with Gasteiger partial charge in [0.25, 0.3) is 0 Å². The third kappa shape index (κ3) is 5.18. The molecule has 20 heavy (non-hydrogen) atoms. The number of ether oxygens (including phenoxy) is 1. The van der Waals surface area contributed by atoms with Gasteiger partial charge in [0, 0.05) is 26.4 Å². The van der Waals surface area contributed by atoms with Gasteiger partial charge in [-0.05, 0) is 20.8 Å². The Morgan fingerprint density at radius 1 is 1.40 bits per heavy atom. The van der Waals surface area contributed by atoms with Gasteiger partial charge < -0.3 is 10.1 Å². The highest BCUT2D eigenvalue weighted by molar-refractivity contribution is 7.92. The maximum atomic E-state index is 12.0. The maximum absolute atomic E-state index is 12.0. The molecule has 0 aromatic carbocycles. The number of aryl methyl sites for hydroxylation is 1. The molecule has 0 bridgehead atoms. The fraction of sp³-hybridized carbons (Fsp3) is 0.833. The zero-order valence-electron chi connectivity index (χ0n) is 12.6. The molecule has 116 valence electrons. The molecule has 1 aromatic rings. The fourth-order valence-electron chi connectivity index (χ4n) is 1.44. The molecule has 1 aromatic heterocycles. The summed E-state index contributed by atoms with van der Waals surface area (Å²) >= 11 is 0. The lowest BCUT2D eigenvalue weighted by Gasteiger charge is -2.18. The Morgan fingerprint density at radius 2 is 2.10 bits per heavy atom. The summed E-state index contributed by atoms with van der Waals surface area (Å²) in [6.07, 6.45) is 1.76. The molecule has 8 heteroatoms. The molecule has 0 aliphatic carbocycles. The van der Waals surface area contributed by atoms with Gasteiger partial charge in [0.15, 0.2) is 9.84 Å². The van der Waals surface area contributed by atoms with Gasteiger partial charge in [-0.25, -0.2) is 8.42 Å². The monoisotopic (exact) mass is 304 g/mol. The van der Waals surface area contributed by atoms with E-state index in [1.165, 1.54) is 0 Å². The maximum Gasteiger partial charge on any atom is 0.157 e. The van der Waals surface area contributed by atoms with Crippen molar-refractivity contribution < 1.29 is 13.2 Å². The standard InChI is InChI=1S/C12H24N4O3S/c1-12(2,3)20(17,18)8-6-16-10-11(14-15-16)9-13-5-7-19-4/h10,13H,5-9H2,1-4H3. The second kappa shape index (κ2) is 7.14. The molecule has 0 saturated carbocycles. The number of aromatic nitrogens is 3. The molecule has 0 aliphatic heterocycles. The molecule has 0 fully saturated rings.